The molecule has 0 unspecified atom stereocenters. The predicted molar refractivity (Wildman–Crippen MR) is 105 cm³/mol. The van der Waals surface area contributed by atoms with Gasteiger partial charge in [0.25, 0.3) is 0 Å². The maximum atomic E-state index is 12.5. The topological polar surface area (TPSA) is 120 Å². The number of hydrogen-bond acceptors (Lipinski definition) is 5. The van der Waals surface area contributed by atoms with Crippen LogP contribution in [0.2, 0.25) is 0 Å². The minimum Gasteiger partial charge on any atom is -0.486 e. The third-order valence-corrected chi connectivity index (χ3v) is 5.25. The molecule has 1 aliphatic heterocycles. The van der Waals surface area contributed by atoms with Crippen LogP contribution in [-0.4, -0.2) is 27.7 Å². The van der Waals surface area contributed by atoms with Gasteiger partial charge in [-0.1, -0.05) is 19.9 Å². The molecule has 0 aliphatic carbocycles. The summed E-state index contributed by atoms with van der Waals surface area (Å²) < 4.78 is 33.8. The van der Waals surface area contributed by atoms with Crippen LogP contribution in [0.25, 0.3) is 0 Å². The number of nitrogens with one attached hydrogen (secondary N) is 2. The summed E-state index contributed by atoms with van der Waals surface area (Å²) in [6, 6.07) is 10.6. The molecule has 2 aromatic carbocycles. The van der Waals surface area contributed by atoms with Gasteiger partial charge in [0.15, 0.2) is 11.5 Å². The van der Waals surface area contributed by atoms with Crippen LogP contribution in [0.1, 0.15) is 25.5 Å². The highest BCUT2D eigenvalue weighted by Crippen LogP contribution is 2.34. The van der Waals surface area contributed by atoms with Crippen LogP contribution in [0.3, 0.4) is 0 Å². The van der Waals surface area contributed by atoms with Gasteiger partial charge in [-0.05, 0) is 47.9 Å². The summed E-state index contributed by atoms with van der Waals surface area (Å²) in [5.41, 5.74) is 1.36. The van der Waals surface area contributed by atoms with Gasteiger partial charge in [0.05, 0.1) is 10.9 Å². The van der Waals surface area contributed by atoms with E-state index in [1.165, 1.54) is 24.3 Å². The molecular formula is C19H23N3O5S. The van der Waals surface area contributed by atoms with Crippen LogP contribution < -0.4 is 25.2 Å². The molecule has 0 bridgehead atoms. The monoisotopic (exact) mass is 405 g/mol. The van der Waals surface area contributed by atoms with E-state index in [0.717, 1.165) is 5.56 Å². The summed E-state index contributed by atoms with van der Waals surface area (Å²) in [5, 5.41) is 10.7. The van der Waals surface area contributed by atoms with Crippen molar-refractivity contribution in [1.82, 2.24) is 5.32 Å². The van der Waals surface area contributed by atoms with Crippen molar-refractivity contribution in [3.05, 3.63) is 48.0 Å². The van der Waals surface area contributed by atoms with E-state index in [1.54, 1.807) is 0 Å². The smallest absolute Gasteiger partial charge is 0.319 e. The molecule has 1 aliphatic rings. The molecule has 9 heteroatoms. The molecule has 3 rings (SSSR count). The Balaban J connectivity index is 1.71. The molecule has 1 heterocycles. The van der Waals surface area contributed by atoms with Gasteiger partial charge in [0, 0.05) is 5.69 Å². The van der Waals surface area contributed by atoms with Gasteiger partial charge in [-0.25, -0.2) is 18.4 Å². The van der Waals surface area contributed by atoms with E-state index in [1.807, 2.05) is 32.0 Å². The van der Waals surface area contributed by atoms with Crippen LogP contribution >= 0.6 is 0 Å². The molecule has 2 aromatic rings. The number of sulfonamides is 1. The third-order valence-electron chi connectivity index (χ3n) is 4.32. The van der Waals surface area contributed by atoms with Crippen molar-refractivity contribution in [2.24, 2.45) is 11.1 Å². The standard InChI is InChI=1S/C19H23N3O5S/c1-12(2)18(13-3-8-16-17(11-13)27-10-9-26-16)22-19(23)21-14-4-6-15(7-5-14)28(20,24)25/h3-8,11-12,18H,9-10H2,1-2H3,(H2,20,24,25)(H2,21,22,23)/t18-/m1/s1. The van der Waals surface area contributed by atoms with Crippen LogP contribution in [0, 0.1) is 5.92 Å². The van der Waals surface area contributed by atoms with Crippen molar-refractivity contribution in [2.75, 3.05) is 18.5 Å². The van der Waals surface area contributed by atoms with E-state index in [0.29, 0.717) is 30.4 Å². The van der Waals surface area contributed by atoms with E-state index in [9.17, 15) is 13.2 Å². The Morgan fingerprint density at radius 1 is 1.04 bits per heavy atom. The molecule has 28 heavy (non-hydrogen) atoms. The summed E-state index contributed by atoms with van der Waals surface area (Å²) in [5.74, 6) is 1.48. The fourth-order valence-electron chi connectivity index (χ4n) is 2.92. The number of amides is 2. The number of fused-ring (bicyclic) bond motifs is 1. The average molecular weight is 405 g/mol. The molecule has 0 spiro atoms. The van der Waals surface area contributed by atoms with E-state index in [2.05, 4.69) is 10.6 Å². The number of nitrogens with two attached hydrogens (primary N) is 1. The van der Waals surface area contributed by atoms with Crippen LogP contribution in [-0.2, 0) is 10.0 Å². The fraction of sp³-hybridized carbons (Fsp3) is 0.316. The van der Waals surface area contributed by atoms with E-state index in [4.69, 9.17) is 14.6 Å². The van der Waals surface area contributed by atoms with Gasteiger partial charge >= 0.3 is 6.03 Å². The Labute approximate surface area is 164 Å². The molecule has 0 saturated heterocycles. The number of anilines is 1. The van der Waals surface area contributed by atoms with Crippen molar-refractivity contribution in [3.8, 4) is 11.5 Å². The first kappa shape index (κ1) is 20.0. The molecule has 150 valence electrons. The summed E-state index contributed by atoms with van der Waals surface area (Å²) in [7, 11) is -3.77. The first-order valence-corrected chi connectivity index (χ1v) is 10.4. The summed E-state index contributed by atoms with van der Waals surface area (Å²) in [4.78, 5) is 12.4. The van der Waals surface area contributed by atoms with Gasteiger partial charge in [0.1, 0.15) is 13.2 Å². The van der Waals surface area contributed by atoms with Crippen LogP contribution in [0.4, 0.5) is 10.5 Å². The minimum atomic E-state index is -3.77. The van der Waals surface area contributed by atoms with Crippen molar-refractivity contribution < 1.29 is 22.7 Å². The normalized spacial score (nSPS) is 14.4. The van der Waals surface area contributed by atoms with E-state index < -0.39 is 16.1 Å². The Kier molecular flexibility index (Phi) is 5.76. The number of ether oxygens (including phenoxy) is 2. The molecule has 0 fully saturated rings. The highest BCUT2D eigenvalue weighted by Gasteiger charge is 2.21. The lowest BCUT2D eigenvalue weighted by atomic mass is 9.95. The molecular weight excluding hydrogens is 382 g/mol. The Hall–Kier alpha value is -2.78. The Morgan fingerprint density at radius 2 is 1.68 bits per heavy atom. The average Bonchev–Trinajstić information content (AvgIpc) is 2.65. The third kappa shape index (κ3) is 4.73. The second-order valence-electron chi connectivity index (χ2n) is 6.79. The SMILES string of the molecule is CC(C)[C@@H](NC(=O)Nc1ccc(S(N)(=O)=O)cc1)c1ccc2c(c1)OCCO2. The van der Waals surface area contributed by atoms with Crippen molar-refractivity contribution in [2.45, 2.75) is 24.8 Å². The van der Waals surface area contributed by atoms with Crippen molar-refractivity contribution in [1.29, 1.82) is 0 Å². The molecule has 8 nitrogen and oxygen atoms in total. The summed E-state index contributed by atoms with van der Waals surface area (Å²) >= 11 is 0. The molecule has 1 atom stereocenters. The molecule has 0 aromatic heterocycles. The lowest BCUT2D eigenvalue weighted by Gasteiger charge is -2.25. The van der Waals surface area contributed by atoms with Gasteiger partial charge in [-0.3, -0.25) is 0 Å². The lowest BCUT2D eigenvalue weighted by Crippen LogP contribution is -2.35. The van der Waals surface area contributed by atoms with Gasteiger partial charge in [-0.15, -0.1) is 0 Å². The molecule has 0 radical (unpaired) electrons. The number of rotatable bonds is 5. The fourth-order valence-corrected chi connectivity index (χ4v) is 3.44. The number of carbonyl (C=O) groups is 1. The molecule has 4 N–H and O–H groups in total. The zero-order chi connectivity index (χ0) is 20.3. The van der Waals surface area contributed by atoms with Crippen molar-refractivity contribution in [3.63, 3.8) is 0 Å². The number of urea groups is 1. The van der Waals surface area contributed by atoms with Gasteiger partial charge in [0.2, 0.25) is 10.0 Å². The van der Waals surface area contributed by atoms with Crippen LogP contribution in [0.5, 0.6) is 11.5 Å². The van der Waals surface area contributed by atoms with Crippen LogP contribution in [0.15, 0.2) is 47.4 Å². The first-order chi connectivity index (χ1) is 13.2. The number of benzene rings is 2. The first-order valence-electron chi connectivity index (χ1n) is 8.84. The molecule has 2 amide bonds. The number of primary sulfonamides is 1. The largest absolute Gasteiger partial charge is 0.486 e. The zero-order valence-corrected chi connectivity index (χ0v) is 16.5. The Bertz CT molecular complexity index is 958. The maximum Gasteiger partial charge on any atom is 0.319 e. The van der Waals surface area contributed by atoms with E-state index in [-0.39, 0.29) is 16.9 Å². The molecule has 0 saturated carbocycles. The lowest BCUT2D eigenvalue weighted by molar-refractivity contribution is 0.171. The minimum absolute atomic E-state index is 0.0187. The second-order valence-corrected chi connectivity index (χ2v) is 8.35. The van der Waals surface area contributed by atoms with E-state index >= 15 is 0 Å². The number of hydrogen-bond donors (Lipinski definition) is 3. The Morgan fingerprint density at radius 3 is 2.29 bits per heavy atom. The zero-order valence-electron chi connectivity index (χ0n) is 15.6. The highest BCUT2D eigenvalue weighted by molar-refractivity contribution is 7.89. The number of carbonyl (C=O) groups excluding carboxylic acids is 1. The highest BCUT2D eigenvalue weighted by atomic mass is 32.2. The van der Waals surface area contributed by atoms with Gasteiger partial charge in [-0.2, -0.15) is 0 Å². The van der Waals surface area contributed by atoms with Crippen molar-refractivity contribution >= 4 is 21.7 Å². The maximum absolute atomic E-state index is 12.5. The second kappa shape index (κ2) is 8.07. The summed E-state index contributed by atoms with van der Waals surface area (Å²) in [6.45, 7) is 5.02. The summed E-state index contributed by atoms with van der Waals surface area (Å²) in [6.07, 6.45) is 0. The van der Waals surface area contributed by atoms with Gasteiger partial charge < -0.3 is 20.1 Å². The quantitative estimate of drug-likeness (QED) is 0.706. The predicted octanol–water partition coefficient (Wildman–Crippen LogP) is 2.62.